The van der Waals surface area contributed by atoms with Crippen molar-refractivity contribution in [2.75, 3.05) is 5.32 Å². The summed E-state index contributed by atoms with van der Waals surface area (Å²) in [7, 11) is 0. The monoisotopic (exact) mass is 428 g/mol. The summed E-state index contributed by atoms with van der Waals surface area (Å²) < 4.78 is 39.2. The molecular formula is C21H15F3N4OS. The maximum absolute atomic E-state index is 13.1. The van der Waals surface area contributed by atoms with Crippen LogP contribution in [0.5, 0.6) is 0 Å². The zero-order valence-electron chi connectivity index (χ0n) is 15.7. The summed E-state index contributed by atoms with van der Waals surface area (Å²) >= 11 is 1.27. The van der Waals surface area contributed by atoms with Gasteiger partial charge in [0.25, 0.3) is 0 Å². The molecule has 0 aliphatic heterocycles. The Hall–Kier alpha value is -3.33. The van der Waals surface area contributed by atoms with E-state index >= 15 is 0 Å². The van der Waals surface area contributed by atoms with Gasteiger partial charge in [-0.05, 0) is 30.7 Å². The first-order valence-corrected chi connectivity index (χ1v) is 9.77. The highest BCUT2D eigenvalue weighted by molar-refractivity contribution is 7.15. The predicted octanol–water partition coefficient (Wildman–Crippen LogP) is 5.26. The summed E-state index contributed by atoms with van der Waals surface area (Å²) in [6.45, 7) is 1.79. The number of carbonyl (C=O) groups is 1. The van der Waals surface area contributed by atoms with Crippen LogP contribution in [0.3, 0.4) is 0 Å². The Kier molecular flexibility index (Phi) is 5.21. The van der Waals surface area contributed by atoms with Crippen molar-refractivity contribution >= 4 is 33.3 Å². The Labute approximate surface area is 173 Å². The second-order valence-electron chi connectivity index (χ2n) is 6.62. The molecule has 0 aliphatic carbocycles. The number of aromatic nitrogens is 3. The highest BCUT2D eigenvalue weighted by Gasteiger charge is 2.30. The van der Waals surface area contributed by atoms with Gasteiger partial charge in [0.05, 0.1) is 23.2 Å². The standard InChI is InChI=1S/C21H15F3N4OS/c1-12-27-28-20(30-12)26-18(29)11-15-6-2-4-13-8-9-17(25-19(13)15)14-5-3-7-16(10-14)21(22,23)24/h2-10H,11H2,1H3,(H,26,28,29). The lowest BCUT2D eigenvalue weighted by Gasteiger charge is -2.10. The normalized spacial score (nSPS) is 11.6. The second-order valence-corrected chi connectivity index (χ2v) is 7.80. The van der Waals surface area contributed by atoms with Crippen LogP contribution in [-0.2, 0) is 17.4 Å². The highest BCUT2D eigenvalue weighted by atomic mass is 32.1. The molecule has 4 aromatic rings. The number of anilines is 1. The molecule has 0 fully saturated rings. The van der Waals surface area contributed by atoms with Gasteiger partial charge in [0.1, 0.15) is 5.01 Å². The topological polar surface area (TPSA) is 67.8 Å². The van der Waals surface area contributed by atoms with Crippen LogP contribution in [0, 0.1) is 6.92 Å². The number of aryl methyl sites for hydroxylation is 1. The molecule has 0 unspecified atom stereocenters. The average Bonchev–Trinajstić information content (AvgIpc) is 3.12. The minimum Gasteiger partial charge on any atom is -0.300 e. The van der Waals surface area contributed by atoms with Crippen molar-refractivity contribution in [2.45, 2.75) is 19.5 Å². The van der Waals surface area contributed by atoms with Gasteiger partial charge in [0, 0.05) is 10.9 Å². The van der Waals surface area contributed by atoms with Gasteiger partial charge in [-0.3, -0.25) is 4.79 Å². The zero-order valence-corrected chi connectivity index (χ0v) is 16.5. The Morgan fingerprint density at radius 3 is 2.60 bits per heavy atom. The fourth-order valence-corrected chi connectivity index (χ4v) is 3.66. The number of pyridine rings is 1. The lowest BCUT2D eigenvalue weighted by Crippen LogP contribution is -2.14. The number of alkyl halides is 3. The number of halogens is 3. The third-order valence-electron chi connectivity index (χ3n) is 4.41. The maximum Gasteiger partial charge on any atom is 0.416 e. The van der Waals surface area contributed by atoms with Crippen molar-refractivity contribution in [3.8, 4) is 11.3 Å². The number of rotatable bonds is 4. The summed E-state index contributed by atoms with van der Waals surface area (Å²) in [6, 6.07) is 13.9. The van der Waals surface area contributed by atoms with Crippen LogP contribution in [0.15, 0.2) is 54.6 Å². The van der Waals surface area contributed by atoms with Crippen molar-refractivity contribution in [3.05, 3.63) is 70.7 Å². The van der Waals surface area contributed by atoms with E-state index in [4.69, 9.17) is 0 Å². The summed E-state index contributed by atoms with van der Waals surface area (Å²) in [5.41, 5.74) is 1.26. The van der Waals surface area contributed by atoms with Gasteiger partial charge in [-0.2, -0.15) is 13.2 Å². The molecule has 9 heteroatoms. The molecule has 1 amide bonds. The minimum atomic E-state index is -4.43. The molecule has 2 aromatic carbocycles. The number of hydrogen-bond acceptors (Lipinski definition) is 5. The first-order chi connectivity index (χ1) is 14.3. The van der Waals surface area contributed by atoms with Gasteiger partial charge in [0.15, 0.2) is 0 Å². The lowest BCUT2D eigenvalue weighted by atomic mass is 10.0. The SMILES string of the molecule is Cc1nnc(NC(=O)Cc2cccc3ccc(-c4cccc(C(F)(F)F)c4)nc23)s1. The lowest BCUT2D eigenvalue weighted by molar-refractivity contribution is -0.137. The second kappa shape index (κ2) is 7.83. The van der Waals surface area contributed by atoms with Crippen LogP contribution in [0.1, 0.15) is 16.1 Å². The molecule has 1 N–H and O–H groups in total. The molecule has 30 heavy (non-hydrogen) atoms. The van der Waals surface area contributed by atoms with Gasteiger partial charge in [0.2, 0.25) is 11.0 Å². The smallest absolute Gasteiger partial charge is 0.300 e. The Morgan fingerprint density at radius 2 is 1.87 bits per heavy atom. The van der Waals surface area contributed by atoms with Crippen LogP contribution in [-0.4, -0.2) is 21.1 Å². The van der Waals surface area contributed by atoms with Crippen LogP contribution >= 0.6 is 11.3 Å². The number of nitrogens with one attached hydrogen (secondary N) is 1. The van der Waals surface area contributed by atoms with Crippen LogP contribution in [0.4, 0.5) is 18.3 Å². The van der Waals surface area contributed by atoms with Crippen LogP contribution < -0.4 is 5.32 Å². The third-order valence-corrected chi connectivity index (χ3v) is 5.17. The minimum absolute atomic E-state index is 0.0506. The van der Waals surface area contributed by atoms with E-state index in [1.165, 1.54) is 17.4 Å². The van der Waals surface area contributed by atoms with Gasteiger partial charge in [-0.25, -0.2) is 4.98 Å². The van der Waals surface area contributed by atoms with Gasteiger partial charge in [-0.1, -0.05) is 47.7 Å². The fourth-order valence-electron chi connectivity index (χ4n) is 3.05. The van der Waals surface area contributed by atoms with E-state index in [-0.39, 0.29) is 12.3 Å². The quantitative estimate of drug-likeness (QED) is 0.481. The molecule has 152 valence electrons. The van der Waals surface area contributed by atoms with Crippen molar-refractivity contribution in [2.24, 2.45) is 0 Å². The van der Waals surface area contributed by atoms with Gasteiger partial charge < -0.3 is 5.32 Å². The number of para-hydroxylation sites is 1. The molecular weight excluding hydrogens is 413 g/mol. The third kappa shape index (κ3) is 4.30. The molecule has 4 rings (SSSR count). The molecule has 0 bridgehead atoms. The molecule has 0 aliphatic rings. The Bertz CT molecular complexity index is 1240. The van der Waals surface area contributed by atoms with Gasteiger partial charge >= 0.3 is 6.18 Å². The molecule has 0 saturated heterocycles. The Balaban J connectivity index is 1.66. The van der Waals surface area contributed by atoms with Gasteiger partial charge in [-0.15, -0.1) is 10.2 Å². The molecule has 5 nitrogen and oxygen atoms in total. The zero-order chi connectivity index (χ0) is 21.3. The molecule has 0 spiro atoms. The molecule has 0 radical (unpaired) electrons. The average molecular weight is 428 g/mol. The summed E-state index contributed by atoms with van der Waals surface area (Å²) in [5.74, 6) is -0.273. The van der Waals surface area contributed by atoms with Crippen molar-refractivity contribution in [1.29, 1.82) is 0 Å². The van der Waals surface area contributed by atoms with Crippen molar-refractivity contribution in [3.63, 3.8) is 0 Å². The summed E-state index contributed by atoms with van der Waals surface area (Å²) in [6.07, 6.45) is -4.38. The van der Waals surface area contributed by atoms with Crippen LogP contribution in [0.2, 0.25) is 0 Å². The number of benzene rings is 2. The number of carbonyl (C=O) groups excluding carboxylic acids is 1. The Morgan fingerprint density at radius 1 is 1.07 bits per heavy atom. The largest absolute Gasteiger partial charge is 0.416 e. The number of fused-ring (bicyclic) bond motifs is 1. The molecule has 2 aromatic heterocycles. The van der Waals surface area contributed by atoms with Crippen molar-refractivity contribution < 1.29 is 18.0 Å². The van der Waals surface area contributed by atoms with E-state index in [9.17, 15) is 18.0 Å². The number of nitrogens with zero attached hydrogens (tertiary/aromatic N) is 3. The number of hydrogen-bond donors (Lipinski definition) is 1. The number of amides is 1. The van der Waals surface area contributed by atoms with Crippen molar-refractivity contribution in [1.82, 2.24) is 15.2 Å². The highest BCUT2D eigenvalue weighted by Crippen LogP contribution is 2.32. The van der Waals surface area contributed by atoms with E-state index in [0.29, 0.717) is 27.5 Å². The molecule has 0 saturated carbocycles. The van der Waals surface area contributed by atoms with E-state index in [2.05, 4.69) is 20.5 Å². The first kappa shape index (κ1) is 20.0. The summed E-state index contributed by atoms with van der Waals surface area (Å²) in [4.78, 5) is 17.0. The molecule has 2 heterocycles. The maximum atomic E-state index is 13.1. The van der Waals surface area contributed by atoms with E-state index in [1.807, 2.05) is 12.1 Å². The first-order valence-electron chi connectivity index (χ1n) is 8.96. The van der Waals surface area contributed by atoms with E-state index < -0.39 is 11.7 Å². The summed E-state index contributed by atoms with van der Waals surface area (Å²) in [5, 5.41) is 12.4. The van der Waals surface area contributed by atoms with E-state index in [0.717, 1.165) is 22.5 Å². The predicted molar refractivity (Wildman–Crippen MR) is 109 cm³/mol. The van der Waals surface area contributed by atoms with Crippen LogP contribution in [0.25, 0.3) is 22.2 Å². The molecule has 0 atom stereocenters. The fraction of sp³-hybridized carbons (Fsp3) is 0.143. The van der Waals surface area contributed by atoms with E-state index in [1.54, 1.807) is 31.2 Å².